The quantitative estimate of drug-likeness (QED) is 0.704. The molecule has 7 heteroatoms. The summed E-state index contributed by atoms with van der Waals surface area (Å²) >= 11 is 0. The molecule has 0 spiro atoms. The summed E-state index contributed by atoms with van der Waals surface area (Å²) in [6, 6.07) is 0. The Balaban J connectivity index is 2.65. The van der Waals surface area contributed by atoms with Crippen molar-refractivity contribution >= 4 is 17.7 Å². The summed E-state index contributed by atoms with van der Waals surface area (Å²) in [5.41, 5.74) is -0.969. The van der Waals surface area contributed by atoms with Crippen LogP contribution in [0, 0.1) is 0 Å². The number of nitrogens with zero attached hydrogens (tertiary/aromatic N) is 1. The molecule has 2 unspecified atom stereocenters. The molecule has 2 atom stereocenters. The normalized spacial score (nSPS) is 23.3. The third-order valence-electron chi connectivity index (χ3n) is 3.04. The van der Waals surface area contributed by atoms with Crippen LogP contribution in [0.4, 0.5) is 0 Å². The van der Waals surface area contributed by atoms with Gasteiger partial charge in [0.15, 0.2) is 11.3 Å². The first-order valence-electron chi connectivity index (χ1n) is 6.12. The van der Waals surface area contributed by atoms with Crippen LogP contribution in [-0.4, -0.2) is 48.2 Å². The second kappa shape index (κ2) is 6.51. The zero-order valence-corrected chi connectivity index (χ0v) is 11.3. The first-order chi connectivity index (χ1) is 8.95. The number of oxime groups is 1. The third-order valence-corrected chi connectivity index (χ3v) is 3.04. The fourth-order valence-corrected chi connectivity index (χ4v) is 1.83. The number of hydrogen-bond acceptors (Lipinski definition) is 7. The van der Waals surface area contributed by atoms with Crippen molar-refractivity contribution in [2.24, 2.45) is 5.16 Å². The molecule has 0 amide bonds. The summed E-state index contributed by atoms with van der Waals surface area (Å²) in [6.07, 6.45) is -0.472. The fraction of sp³-hybridized carbons (Fsp3) is 0.750. The van der Waals surface area contributed by atoms with Crippen LogP contribution < -0.4 is 0 Å². The van der Waals surface area contributed by atoms with Gasteiger partial charge in [0.05, 0.1) is 19.8 Å². The number of carbonyl (C=O) groups excluding carboxylic acids is 2. The van der Waals surface area contributed by atoms with Gasteiger partial charge < -0.3 is 19.4 Å². The van der Waals surface area contributed by atoms with E-state index in [-0.39, 0.29) is 30.9 Å². The molecule has 7 nitrogen and oxygen atoms in total. The van der Waals surface area contributed by atoms with Crippen LogP contribution in [0.2, 0.25) is 0 Å². The minimum atomic E-state index is -1.07. The van der Waals surface area contributed by atoms with Gasteiger partial charge in [-0.05, 0) is 13.8 Å². The summed E-state index contributed by atoms with van der Waals surface area (Å²) < 4.78 is 9.37. The van der Waals surface area contributed by atoms with Gasteiger partial charge in [-0.1, -0.05) is 5.16 Å². The second-order valence-electron chi connectivity index (χ2n) is 4.34. The lowest BCUT2D eigenvalue weighted by atomic mass is 9.87. The van der Waals surface area contributed by atoms with Crippen molar-refractivity contribution in [2.75, 3.05) is 13.7 Å². The van der Waals surface area contributed by atoms with E-state index in [2.05, 4.69) is 9.89 Å². The number of methoxy groups -OCH3 is 1. The Hall–Kier alpha value is -1.63. The predicted molar refractivity (Wildman–Crippen MR) is 65.4 cm³/mol. The van der Waals surface area contributed by atoms with E-state index in [0.29, 0.717) is 6.61 Å². The van der Waals surface area contributed by atoms with Crippen molar-refractivity contribution in [3.05, 3.63) is 0 Å². The van der Waals surface area contributed by atoms with Crippen molar-refractivity contribution < 1.29 is 29.0 Å². The molecule has 1 aliphatic heterocycles. The van der Waals surface area contributed by atoms with Crippen LogP contribution in [0.15, 0.2) is 5.16 Å². The summed E-state index contributed by atoms with van der Waals surface area (Å²) in [6.45, 7) is 3.54. The molecule has 0 saturated carbocycles. The maximum absolute atomic E-state index is 11.4. The van der Waals surface area contributed by atoms with E-state index in [1.54, 1.807) is 6.92 Å². The molecule has 1 heterocycles. The Morgan fingerprint density at radius 2 is 2.26 bits per heavy atom. The lowest BCUT2D eigenvalue weighted by molar-refractivity contribution is -0.147. The molecule has 108 valence electrons. The lowest BCUT2D eigenvalue weighted by Gasteiger charge is -2.28. The van der Waals surface area contributed by atoms with Crippen molar-refractivity contribution in [1.82, 2.24) is 0 Å². The monoisotopic (exact) mass is 273 g/mol. The maximum Gasteiger partial charge on any atom is 0.355 e. The Bertz CT molecular complexity index is 378. The predicted octanol–water partition coefficient (Wildman–Crippen LogP) is 0.399. The van der Waals surface area contributed by atoms with E-state index in [9.17, 15) is 14.7 Å². The van der Waals surface area contributed by atoms with Gasteiger partial charge in [0, 0.05) is 19.3 Å². The van der Waals surface area contributed by atoms with E-state index >= 15 is 0 Å². The van der Waals surface area contributed by atoms with Crippen LogP contribution in [-0.2, 0) is 23.9 Å². The first-order valence-corrected chi connectivity index (χ1v) is 6.12. The highest BCUT2D eigenvalue weighted by Crippen LogP contribution is 2.33. The molecule has 0 aliphatic carbocycles. The summed E-state index contributed by atoms with van der Waals surface area (Å²) in [4.78, 5) is 27.9. The van der Waals surface area contributed by atoms with Gasteiger partial charge in [0.1, 0.15) is 0 Å². The summed E-state index contributed by atoms with van der Waals surface area (Å²) in [7, 11) is 1.24. The highest BCUT2D eigenvalue weighted by Gasteiger charge is 2.46. The molecular weight excluding hydrogens is 254 g/mol. The number of carbonyl (C=O) groups is 2. The van der Waals surface area contributed by atoms with Gasteiger partial charge in [-0.15, -0.1) is 0 Å². The summed E-state index contributed by atoms with van der Waals surface area (Å²) in [5.74, 6) is -0.976. The van der Waals surface area contributed by atoms with Crippen LogP contribution in [0.3, 0.4) is 0 Å². The zero-order valence-electron chi connectivity index (χ0n) is 11.3. The number of aliphatic hydroxyl groups is 1. The molecular formula is C12H19NO6. The van der Waals surface area contributed by atoms with E-state index < -0.39 is 17.7 Å². The molecule has 19 heavy (non-hydrogen) atoms. The van der Waals surface area contributed by atoms with Crippen LogP contribution >= 0.6 is 0 Å². The molecule has 0 bridgehead atoms. The van der Waals surface area contributed by atoms with E-state index in [1.807, 2.05) is 0 Å². The van der Waals surface area contributed by atoms with Crippen LogP contribution in [0.1, 0.15) is 33.1 Å². The molecule has 1 N–H and O–H groups in total. The lowest BCUT2D eigenvalue weighted by Crippen LogP contribution is -2.42. The van der Waals surface area contributed by atoms with Gasteiger partial charge in [-0.25, -0.2) is 4.79 Å². The Morgan fingerprint density at radius 1 is 1.58 bits per heavy atom. The SMILES string of the molecule is CCOC(=O)CCC1(C(C)O)CC(C(=O)OC)=NO1. The van der Waals surface area contributed by atoms with Crippen molar-refractivity contribution in [1.29, 1.82) is 0 Å². The van der Waals surface area contributed by atoms with E-state index in [0.717, 1.165) is 0 Å². The largest absolute Gasteiger partial charge is 0.466 e. The average molecular weight is 273 g/mol. The summed E-state index contributed by atoms with van der Waals surface area (Å²) in [5, 5.41) is 13.5. The maximum atomic E-state index is 11.4. The van der Waals surface area contributed by atoms with Gasteiger partial charge in [-0.2, -0.15) is 0 Å². The molecule has 1 rings (SSSR count). The molecule has 0 aromatic rings. The Morgan fingerprint density at radius 3 is 2.79 bits per heavy atom. The third kappa shape index (κ3) is 3.66. The smallest absolute Gasteiger partial charge is 0.355 e. The van der Waals surface area contributed by atoms with Crippen molar-refractivity contribution in [2.45, 2.75) is 44.8 Å². The molecule has 0 aromatic heterocycles. The molecule has 0 fully saturated rings. The number of ether oxygens (including phenoxy) is 2. The standard InChI is InChI=1S/C12H19NO6/c1-4-18-10(15)5-6-12(8(2)14)7-9(13-19-12)11(16)17-3/h8,14H,4-7H2,1-3H3. The second-order valence-corrected chi connectivity index (χ2v) is 4.34. The van der Waals surface area contributed by atoms with E-state index in [1.165, 1.54) is 14.0 Å². The first kappa shape index (κ1) is 15.4. The highest BCUT2D eigenvalue weighted by molar-refractivity contribution is 6.36. The molecule has 0 radical (unpaired) electrons. The highest BCUT2D eigenvalue weighted by atomic mass is 16.7. The van der Waals surface area contributed by atoms with Crippen LogP contribution in [0.5, 0.6) is 0 Å². The van der Waals surface area contributed by atoms with Gasteiger partial charge in [-0.3, -0.25) is 4.79 Å². The molecule has 0 saturated heterocycles. The van der Waals surface area contributed by atoms with E-state index in [4.69, 9.17) is 9.57 Å². The molecule has 0 aromatic carbocycles. The number of rotatable bonds is 6. The van der Waals surface area contributed by atoms with Crippen LogP contribution in [0.25, 0.3) is 0 Å². The van der Waals surface area contributed by atoms with Gasteiger partial charge in [0.25, 0.3) is 0 Å². The minimum absolute atomic E-state index is 0.0860. The molecule has 1 aliphatic rings. The number of hydrogen-bond donors (Lipinski definition) is 1. The topological polar surface area (TPSA) is 94.4 Å². The fourth-order valence-electron chi connectivity index (χ4n) is 1.83. The average Bonchev–Trinajstić information content (AvgIpc) is 2.82. The number of esters is 2. The Kier molecular flexibility index (Phi) is 5.29. The van der Waals surface area contributed by atoms with Gasteiger partial charge in [0.2, 0.25) is 0 Å². The minimum Gasteiger partial charge on any atom is -0.466 e. The zero-order chi connectivity index (χ0) is 14.5. The van der Waals surface area contributed by atoms with Crippen molar-refractivity contribution in [3.8, 4) is 0 Å². The van der Waals surface area contributed by atoms with Gasteiger partial charge >= 0.3 is 11.9 Å². The van der Waals surface area contributed by atoms with Crippen molar-refractivity contribution in [3.63, 3.8) is 0 Å². The number of aliphatic hydroxyl groups excluding tert-OH is 1. The Labute approximate surface area is 111 Å².